The van der Waals surface area contributed by atoms with Gasteiger partial charge in [-0.3, -0.25) is 9.89 Å². The van der Waals surface area contributed by atoms with Crippen molar-refractivity contribution in [3.05, 3.63) is 11.6 Å². The molecule has 0 bridgehead atoms. The van der Waals surface area contributed by atoms with Crippen LogP contribution in [0.2, 0.25) is 0 Å². The van der Waals surface area contributed by atoms with Gasteiger partial charge < -0.3 is 4.90 Å². The molecule has 1 aromatic heterocycles. The molecule has 2 saturated carbocycles. The van der Waals surface area contributed by atoms with Crippen molar-refractivity contribution in [2.24, 2.45) is 11.3 Å². The lowest BCUT2D eigenvalue weighted by Crippen LogP contribution is -2.36. The number of carbonyl (C=O) groups excluding carboxylic acids is 1. The molecule has 25 heavy (non-hydrogen) atoms. The summed E-state index contributed by atoms with van der Waals surface area (Å²) < 4.78 is 0. The Hall–Kier alpha value is -1.39. The van der Waals surface area contributed by atoms with E-state index in [0.717, 1.165) is 50.4 Å². The van der Waals surface area contributed by atoms with E-state index < -0.39 is 0 Å². The fraction of sp³-hybridized carbons (Fsp3) is 0.850. The molecule has 4 rings (SSSR count). The van der Waals surface area contributed by atoms with Crippen molar-refractivity contribution in [1.29, 1.82) is 0 Å². The Morgan fingerprint density at radius 2 is 1.96 bits per heavy atom. The maximum Gasteiger partial charge on any atom is 0.225 e. The highest BCUT2D eigenvalue weighted by Crippen LogP contribution is 2.53. The van der Waals surface area contributed by atoms with Gasteiger partial charge in [0.05, 0.1) is 0 Å². The smallest absolute Gasteiger partial charge is 0.225 e. The summed E-state index contributed by atoms with van der Waals surface area (Å²) in [6, 6.07) is 0. The van der Waals surface area contributed by atoms with Gasteiger partial charge in [-0.1, -0.05) is 39.0 Å². The predicted molar refractivity (Wildman–Crippen MR) is 97.2 cm³/mol. The number of nitrogens with zero attached hydrogens (tertiary/aromatic N) is 3. The molecule has 0 aromatic carbocycles. The molecule has 1 unspecified atom stereocenters. The summed E-state index contributed by atoms with van der Waals surface area (Å²) in [5.74, 6) is 2.97. The molecule has 5 heteroatoms. The molecule has 1 amide bonds. The van der Waals surface area contributed by atoms with E-state index in [1.165, 1.54) is 44.9 Å². The van der Waals surface area contributed by atoms with Gasteiger partial charge >= 0.3 is 0 Å². The summed E-state index contributed by atoms with van der Waals surface area (Å²) in [5, 5.41) is 7.70. The van der Waals surface area contributed by atoms with Crippen molar-refractivity contribution in [3.8, 4) is 0 Å². The number of hydrogen-bond donors (Lipinski definition) is 1. The second-order valence-corrected chi connectivity index (χ2v) is 8.57. The summed E-state index contributed by atoms with van der Waals surface area (Å²) >= 11 is 0. The third kappa shape index (κ3) is 3.22. The van der Waals surface area contributed by atoms with Crippen LogP contribution in [0.3, 0.4) is 0 Å². The third-order valence-corrected chi connectivity index (χ3v) is 6.86. The van der Waals surface area contributed by atoms with Gasteiger partial charge in [0.15, 0.2) is 5.82 Å². The first-order valence-corrected chi connectivity index (χ1v) is 10.4. The minimum Gasteiger partial charge on any atom is -0.341 e. The van der Waals surface area contributed by atoms with Gasteiger partial charge in [0.2, 0.25) is 5.91 Å². The van der Waals surface area contributed by atoms with Crippen LogP contribution in [0, 0.1) is 11.3 Å². The molecule has 1 aromatic rings. The maximum absolute atomic E-state index is 13.1. The molecular weight excluding hydrogens is 312 g/mol. The van der Waals surface area contributed by atoms with Crippen LogP contribution >= 0.6 is 0 Å². The van der Waals surface area contributed by atoms with E-state index in [1.807, 2.05) is 0 Å². The lowest BCUT2D eigenvalue weighted by Gasteiger charge is -2.29. The van der Waals surface area contributed by atoms with E-state index >= 15 is 0 Å². The van der Waals surface area contributed by atoms with Crippen LogP contribution in [-0.2, 0) is 11.2 Å². The fourth-order valence-corrected chi connectivity index (χ4v) is 5.50. The van der Waals surface area contributed by atoms with Crippen molar-refractivity contribution >= 4 is 5.91 Å². The number of H-pyrrole nitrogens is 1. The summed E-state index contributed by atoms with van der Waals surface area (Å²) in [7, 11) is 0. The Bertz CT molecular complexity index is 599. The molecule has 3 fully saturated rings. The Morgan fingerprint density at radius 1 is 1.20 bits per heavy atom. The van der Waals surface area contributed by atoms with Crippen molar-refractivity contribution < 1.29 is 4.79 Å². The summed E-state index contributed by atoms with van der Waals surface area (Å²) in [6.07, 6.45) is 13.0. The quantitative estimate of drug-likeness (QED) is 0.903. The number of aryl methyl sites for hydroxylation is 1. The Kier molecular flexibility index (Phi) is 4.83. The van der Waals surface area contributed by atoms with Crippen LogP contribution in [0.4, 0.5) is 0 Å². The standard InChI is InChI=1S/C20H32N4O/c1-2-8-17-21-18(23-22-17)16-13-24(14-20(16)11-6-7-12-20)19(25)15-9-4-3-5-10-15/h15-16H,2-14H2,1H3,(H,21,22,23). The molecule has 1 aliphatic heterocycles. The van der Waals surface area contributed by atoms with Crippen LogP contribution in [0.25, 0.3) is 0 Å². The number of likely N-dealkylation sites (tertiary alicyclic amines) is 1. The van der Waals surface area contributed by atoms with Crippen molar-refractivity contribution in [2.75, 3.05) is 13.1 Å². The predicted octanol–water partition coefficient (Wildman–Crippen LogP) is 3.82. The highest BCUT2D eigenvalue weighted by atomic mass is 16.2. The normalized spacial score (nSPS) is 26.6. The maximum atomic E-state index is 13.1. The van der Waals surface area contributed by atoms with Crippen molar-refractivity contribution in [2.45, 2.75) is 83.5 Å². The van der Waals surface area contributed by atoms with E-state index in [-0.39, 0.29) is 11.3 Å². The zero-order valence-corrected chi connectivity index (χ0v) is 15.6. The second-order valence-electron chi connectivity index (χ2n) is 8.57. The SMILES string of the molecule is CCCc1nc(C2CN(C(=O)C3CCCCC3)CC23CCCC3)n[nH]1. The average molecular weight is 345 g/mol. The molecular formula is C20H32N4O. The first-order valence-electron chi connectivity index (χ1n) is 10.4. The largest absolute Gasteiger partial charge is 0.341 e. The second kappa shape index (κ2) is 7.08. The number of carbonyl (C=O) groups is 1. The Balaban J connectivity index is 1.53. The molecule has 3 aliphatic rings. The number of nitrogens with one attached hydrogen (secondary N) is 1. The van der Waals surface area contributed by atoms with Crippen molar-refractivity contribution in [3.63, 3.8) is 0 Å². The molecule has 2 heterocycles. The van der Waals surface area contributed by atoms with Crippen LogP contribution < -0.4 is 0 Å². The van der Waals surface area contributed by atoms with Crippen LogP contribution in [-0.4, -0.2) is 39.1 Å². The van der Waals surface area contributed by atoms with Gasteiger partial charge in [0.1, 0.15) is 5.82 Å². The van der Waals surface area contributed by atoms with E-state index in [4.69, 9.17) is 4.98 Å². The zero-order valence-electron chi connectivity index (χ0n) is 15.6. The molecule has 1 N–H and O–H groups in total. The van der Waals surface area contributed by atoms with E-state index in [1.54, 1.807) is 0 Å². The fourth-order valence-electron chi connectivity index (χ4n) is 5.50. The molecule has 1 atom stereocenters. The molecule has 0 radical (unpaired) electrons. The van der Waals surface area contributed by atoms with Gasteiger partial charge in [-0.25, -0.2) is 4.98 Å². The minimum atomic E-state index is 0.232. The first kappa shape index (κ1) is 17.0. The van der Waals surface area contributed by atoms with E-state index in [0.29, 0.717) is 11.8 Å². The lowest BCUT2D eigenvalue weighted by atomic mass is 9.76. The summed E-state index contributed by atoms with van der Waals surface area (Å²) in [5.41, 5.74) is 0.232. The molecule has 1 saturated heterocycles. The Labute approximate surface area is 151 Å². The van der Waals surface area contributed by atoms with E-state index in [9.17, 15) is 4.79 Å². The monoisotopic (exact) mass is 344 g/mol. The average Bonchev–Trinajstić information content (AvgIpc) is 3.37. The van der Waals surface area contributed by atoms with Gasteiger partial charge in [-0.05, 0) is 37.5 Å². The van der Waals surface area contributed by atoms with Crippen LogP contribution in [0.15, 0.2) is 0 Å². The topological polar surface area (TPSA) is 61.9 Å². The van der Waals surface area contributed by atoms with Crippen molar-refractivity contribution in [1.82, 2.24) is 20.1 Å². The number of rotatable bonds is 4. The van der Waals surface area contributed by atoms with Crippen LogP contribution in [0.5, 0.6) is 0 Å². The number of hydrogen-bond acceptors (Lipinski definition) is 3. The molecule has 5 nitrogen and oxygen atoms in total. The number of aromatic nitrogens is 3. The number of aromatic amines is 1. The third-order valence-electron chi connectivity index (χ3n) is 6.86. The highest BCUT2D eigenvalue weighted by Gasteiger charge is 2.51. The Morgan fingerprint density at radius 3 is 2.68 bits per heavy atom. The van der Waals surface area contributed by atoms with Crippen LogP contribution in [0.1, 0.15) is 88.7 Å². The lowest BCUT2D eigenvalue weighted by molar-refractivity contribution is -0.135. The minimum absolute atomic E-state index is 0.232. The van der Waals surface area contributed by atoms with Gasteiger partial charge in [0.25, 0.3) is 0 Å². The van der Waals surface area contributed by atoms with Gasteiger partial charge in [-0.15, -0.1) is 0 Å². The first-order chi connectivity index (χ1) is 12.2. The highest BCUT2D eigenvalue weighted by molar-refractivity contribution is 5.79. The van der Waals surface area contributed by atoms with Gasteiger partial charge in [0, 0.05) is 31.3 Å². The molecule has 138 valence electrons. The summed E-state index contributed by atoms with van der Waals surface area (Å²) in [4.78, 5) is 20.1. The van der Waals surface area contributed by atoms with Gasteiger partial charge in [-0.2, -0.15) is 5.10 Å². The zero-order chi connectivity index (χ0) is 17.3. The molecule has 1 spiro atoms. The van der Waals surface area contributed by atoms with E-state index in [2.05, 4.69) is 22.0 Å². The summed E-state index contributed by atoms with van der Waals surface area (Å²) in [6.45, 7) is 3.93. The number of amides is 1. The molecule has 2 aliphatic carbocycles.